The number of amides is 2. The minimum Gasteiger partial charge on any atom is -0.383 e. The monoisotopic (exact) mass is 518 g/mol. The fourth-order valence-electron chi connectivity index (χ4n) is 3.10. The van der Waals surface area contributed by atoms with E-state index in [4.69, 9.17) is 15.0 Å². The van der Waals surface area contributed by atoms with Gasteiger partial charge >= 0.3 is 0 Å². The van der Waals surface area contributed by atoms with Gasteiger partial charge in [-0.2, -0.15) is 5.26 Å². The first-order valence-electron chi connectivity index (χ1n) is 12.3. The maximum atomic E-state index is 12.5. The van der Waals surface area contributed by atoms with Crippen molar-refractivity contribution in [3.05, 3.63) is 46.6 Å². The molecule has 9 heteroatoms. The SMILES string of the molecule is C=CC(=C)NCC(NC(=O)CCc1nc2c(s1)CC(CC)C=C2)C(C)CC.CC#N.CNC.NC=O. The van der Waals surface area contributed by atoms with E-state index in [1.165, 1.54) is 11.8 Å². The van der Waals surface area contributed by atoms with Gasteiger partial charge in [-0.3, -0.25) is 9.59 Å². The highest BCUT2D eigenvalue weighted by Crippen LogP contribution is 2.29. The number of carbonyl (C=O) groups excluding carboxylic acids is 2. The molecule has 0 aromatic carbocycles. The van der Waals surface area contributed by atoms with Crippen LogP contribution < -0.4 is 21.7 Å². The third kappa shape index (κ3) is 15.8. The number of aryl methyl sites for hydroxylation is 1. The standard InChI is InChI=1S/C22H33N3OS.C2H7N.C2H3N.CH3NO/c1-6-15(4)19(14-23-16(5)7-2)24-21(26)11-12-22-25-18-10-9-17(8-3)13-20(18)27-22;1-3-2;1-2-3;2-1-3/h7,9-10,15,17,19,23H,2,5-6,8,11-14H2,1,3-4H3,(H,24,26);3H,1-2H3;1H3;1H,(H2,2,3). The number of primary amides is 1. The summed E-state index contributed by atoms with van der Waals surface area (Å²) in [6.07, 6.45) is 10.8. The van der Waals surface area contributed by atoms with Gasteiger partial charge in [0.25, 0.3) is 0 Å². The summed E-state index contributed by atoms with van der Waals surface area (Å²) in [6.45, 7) is 16.2. The lowest BCUT2D eigenvalue weighted by molar-refractivity contribution is -0.122. The molecule has 5 N–H and O–H groups in total. The molecule has 0 saturated heterocycles. The lowest BCUT2D eigenvalue weighted by atomic mass is 9.96. The first-order valence-corrected chi connectivity index (χ1v) is 13.1. The van der Waals surface area contributed by atoms with Crippen LogP contribution in [-0.2, 0) is 22.4 Å². The van der Waals surface area contributed by atoms with E-state index in [1.54, 1.807) is 23.5 Å². The molecule has 2 rings (SSSR count). The minimum atomic E-state index is 0.0805. The number of aromatic nitrogens is 1. The molecule has 36 heavy (non-hydrogen) atoms. The summed E-state index contributed by atoms with van der Waals surface area (Å²) in [5.41, 5.74) is 6.05. The first-order chi connectivity index (χ1) is 17.2. The molecule has 2 amide bonds. The molecule has 0 fully saturated rings. The highest BCUT2D eigenvalue weighted by atomic mass is 32.1. The topological polar surface area (TPSA) is 133 Å². The molecule has 1 aliphatic rings. The van der Waals surface area contributed by atoms with E-state index in [9.17, 15) is 4.79 Å². The molecule has 1 aliphatic carbocycles. The fourth-order valence-corrected chi connectivity index (χ4v) is 4.25. The lowest BCUT2D eigenvalue weighted by Crippen LogP contribution is -2.45. The Labute approximate surface area is 222 Å². The molecule has 0 spiro atoms. The van der Waals surface area contributed by atoms with Gasteiger partial charge in [0.05, 0.1) is 16.8 Å². The van der Waals surface area contributed by atoms with E-state index in [1.807, 2.05) is 14.1 Å². The molecule has 1 aromatic rings. The quantitative estimate of drug-likeness (QED) is 0.259. The summed E-state index contributed by atoms with van der Waals surface area (Å²) < 4.78 is 0. The average molecular weight is 519 g/mol. The molecule has 1 aromatic heterocycles. The van der Waals surface area contributed by atoms with E-state index in [0.29, 0.717) is 31.2 Å². The van der Waals surface area contributed by atoms with Crippen molar-refractivity contribution in [2.75, 3.05) is 20.6 Å². The van der Waals surface area contributed by atoms with Crippen molar-refractivity contribution in [2.45, 2.75) is 65.8 Å². The highest BCUT2D eigenvalue weighted by molar-refractivity contribution is 7.11. The van der Waals surface area contributed by atoms with Crippen LogP contribution in [0.15, 0.2) is 31.0 Å². The van der Waals surface area contributed by atoms with E-state index in [0.717, 1.165) is 35.7 Å². The van der Waals surface area contributed by atoms with Crippen LogP contribution in [0, 0.1) is 23.2 Å². The third-order valence-corrected chi connectivity index (χ3v) is 6.46. The number of allylic oxidation sites excluding steroid dienone is 2. The maximum Gasteiger partial charge on any atom is 0.220 e. The van der Waals surface area contributed by atoms with Crippen molar-refractivity contribution < 1.29 is 9.59 Å². The van der Waals surface area contributed by atoms with Crippen molar-refractivity contribution in [3.63, 3.8) is 0 Å². The molecule has 0 bridgehead atoms. The van der Waals surface area contributed by atoms with Gasteiger partial charge in [0, 0.05) is 42.9 Å². The fraction of sp³-hybridized carbons (Fsp3) is 0.556. The van der Waals surface area contributed by atoms with Gasteiger partial charge in [-0.25, -0.2) is 4.98 Å². The number of nitrogens with zero attached hydrogens (tertiary/aromatic N) is 2. The molecule has 1 heterocycles. The van der Waals surface area contributed by atoms with Crippen LogP contribution in [0.5, 0.6) is 0 Å². The Morgan fingerprint density at radius 3 is 2.50 bits per heavy atom. The van der Waals surface area contributed by atoms with Crippen LogP contribution >= 0.6 is 11.3 Å². The molecule has 0 aliphatic heterocycles. The largest absolute Gasteiger partial charge is 0.383 e. The van der Waals surface area contributed by atoms with Crippen LogP contribution in [0.4, 0.5) is 0 Å². The summed E-state index contributed by atoms with van der Waals surface area (Å²) in [4.78, 5) is 27.1. The van der Waals surface area contributed by atoms with Crippen molar-refractivity contribution in [2.24, 2.45) is 17.6 Å². The molecule has 0 radical (unpaired) electrons. The molecule has 3 unspecified atom stereocenters. The zero-order valence-corrected chi connectivity index (χ0v) is 23.7. The molecule has 0 saturated carbocycles. The predicted octanol–water partition coefficient (Wildman–Crippen LogP) is 3.96. The average Bonchev–Trinajstić information content (AvgIpc) is 3.28. The number of nitrogens with one attached hydrogen (secondary N) is 3. The summed E-state index contributed by atoms with van der Waals surface area (Å²) in [5, 5.41) is 17.5. The summed E-state index contributed by atoms with van der Waals surface area (Å²) in [7, 11) is 3.75. The molecular formula is C27H46N6O2S. The van der Waals surface area contributed by atoms with Gasteiger partial charge in [0.2, 0.25) is 12.3 Å². The van der Waals surface area contributed by atoms with Crippen LogP contribution in [-0.4, -0.2) is 44.0 Å². The van der Waals surface area contributed by atoms with Crippen molar-refractivity contribution in [1.29, 1.82) is 5.26 Å². The van der Waals surface area contributed by atoms with Gasteiger partial charge in [-0.05, 0) is 50.9 Å². The third-order valence-electron chi connectivity index (χ3n) is 5.31. The molecule has 8 nitrogen and oxygen atoms in total. The second-order valence-electron chi connectivity index (χ2n) is 8.18. The van der Waals surface area contributed by atoms with E-state index >= 15 is 0 Å². The number of carbonyl (C=O) groups is 2. The van der Waals surface area contributed by atoms with Gasteiger partial charge in [-0.1, -0.05) is 46.4 Å². The Morgan fingerprint density at radius 1 is 1.42 bits per heavy atom. The Balaban J connectivity index is 0. The predicted molar refractivity (Wildman–Crippen MR) is 152 cm³/mol. The summed E-state index contributed by atoms with van der Waals surface area (Å²) >= 11 is 1.77. The first kappa shape index (κ1) is 35.2. The normalized spacial score (nSPS) is 14.3. The molecule has 3 atom stereocenters. The smallest absolute Gasteiger partial charge is 0.220 e. The van der Waals surface area contributed by atoms with Crippen LogP contribution in [0.3, 0.4) is 0 Å². The van der Waals surface area contributed by atoms with Crippen molar-refractivity contribution in [3.8, 4) is 6.07 Å². The maximum absolute atomic E-state index is 12.5. The number of rotatable bonds is 11. The van der Waals surface area contributed by atoms with E-state index < -0.39 is 0 Å². The minimum absolute atomic E-state index is 0.0805. The van der Waals surface area contributed by atoms with Gasteiger partial charge in [0.15, 0.2) is 0 Å². The molecular weight excluding hydrogens is 472 g/mol. The van der Waals surface area contributed by atoms with Crippen molar-refractivity contribution >= 4 is 29.7 Å². The van der Waals surface area contributed by atoms with E-state index in [-0.39, 0.29) is 18.4 Å². The Hall–Kier alpha value is -2.96. The number of hydrogen-bond donors (Lipinski definition) is 4. The van der Waals surface area contributed by atoms with Crippen LogP contribution in [0.25, 0.3) is 6.08 Å². The second kappa shape index (κ2) is 22.5. The lowest BCUT2D eigenvalue weighted by Gasteiger charge is -2.25. The van der Waals surface area contributed by atoms with Crippen LogP contribution in [0.2, 0.25) is 0 Å². The summed E-state index contributed by atoms with van der Waals surface area (Å²) in [6, 6.07) is 1.83. The van der Waals surface area contributed by atoms with Crippen molar-refractivity contribution in [1.82, 2.24) is 20.9 Å². The van der Waals surface area contributed by atoms with Gasteiger partial charge in [-0.15, -0.1) is 11.3 Å². The highest BCUT2D eigenvalue weighted by Gasteiger charge is 2.20. The van der Waals surface area contributed by atoms with E-state index in [2.05, 4.69) is 67.8 Å². The number of nitrogens with two attached hydrogens (primary N) is 1. The number of hydrogen-bond acceptors (Lipinski definition) is 7. The van der Waals surface area contributed by atoms with Gasteiger partial charge < -0.3 is 21.7 Å². The summed E-state index contributed by atoms with van der Waals surface area (Å²) in [5.74, 6) is 1.10. The zero-order chi connectivity index (χ0) is 27.9. The van der Waals surface area contributed by atoms with Crippen LogP contribution in [0.1, 0.15) is 62.5 Å². The number of fused-ring (bicyclic) bond motifs is 1. The number of nitriles is 1. The second-order valence-corrected chi connectivity index (χ2v) is 9.35. The van der Waals surface area contributed by atoms with Gasteiger partial charge in [0.1, 0.15) is 0 Å². The Bertz CT molecular complexity index is 844. The molecule has 202 valence electrons. The zero-order valence-electron chi connectivity index (χ0n) is 22.9. The number of thiazole rings is 1. The Morgan fingerprint density at radius 2 is 2.00 bits per heavy atom. The Kier molecular flexibility index (Phi) is 22.0.